The predicted molar refractivity (Wildman–Crippen MR) is 147 cm³/mol. The molecule has 0 saturated heterocycles. The fourth-order valence-electron chi connectivity index (χ4n) is 4.39. The largest absolute Gasteiger partial charge is 0.423 e. The molecule has 4 heteroatoms. The van der Waals surface area contributed by atoms with E-state index in [-0.39, 0.29) is 5.97 Å². The summed E-state index contributed by atoms with van der Waals surface area (Å²) < 4.78 is 5.42. The third kappa shape index (κ3) is 13.4. The number of benzene rings is 1. The number of hydrogen-bond donors (Lipinski definition) is 0. The van der Waals surface area contributed by atoms with E-state index in [1.807, 2.05) is 0 Å². The molecule has 4 nitrogen and oxygen atoms in total. The molecule has 1 aromatic carbocycles. The Labute approximate surface area is 214 Å². The van der Waals surface area contributed by atoms with E-state index in [4.69, 9.17) is 4.74 Å². The van der Waals surface area contributed by atoms with E-state index in [1.165, 1.54) is 95.5 Å². The van der Waals surface area contributed by atoms with Gasteiger partial charge < -0.3 is 4.74 Å². The molecule has 194 valence electrons. The van der Waals surface area contributed by atoms with E-state index in [0.29, 0.717) is 18.0 Å². The number of esters is 1. The van der Waals surface area contributed by atoms with Crippen LogP contribution in [0.1, 0.15) is 129 Å². The highest BCUT2D eigenvalue weighted by Crippen LogP contribution is 2.19. The Morgan fingerprint density at radius 3 is 1.69 bits per heavy atom. The summed E-state index contributed by atoms with van der Waals surface area (Å²) in [5, 5.41) is 0. The Hall–Kier alpha value is -2.23. The van der Waals surface area contributed by atoms with Gasteiger partial charge in [-0.25, -0.2) is 9.97 Å². The Bertz CT molecular complexity index is 787. The number of unbranched alkanes of at least 4 members (excludes halogenated alkanes) is 14. The second kappa shape index (κ2) is 19.0. The highest BCUT2D eigenvalue weighted by atomic mass is 16.5. The Kier molecular flexibility index (Phi) is 15.8. The van der Waals surface area contributed by atoms with E-state index in [0.717, 1.165) is 24.8 Å². The van der Waals surface area contributed by atoms with Gasteiger partial charge in [0.2, 0.25) is 0 Å². The summed E-state index contributed by atoms with van der Waals surface area (Å²) in [6, 6.07) is 8.51. The molecule has 0 aliphatic rings. The third-order valence-electron chi connectivity index (χ3n) is 6.63. The number of carbonyl (C=O) groups is 1. The SMILES string of the molecule is CCCCCCCCCCCCC(=O)Oc1cnc(-c2ccc(CCCCCCCC)cc2)nc1. The van der Waals surface area contributed by atoms with E-state index >= 15 is 0 Å². The second-order valence-corrected chi connectivity index (χ2v) is 9.86. The van der Waals surface area contributed by atoms with Crippen molar-refractivity contribution in [2.45, 2.75) is 129 Å². The van der Waals surface area contributed by atoms with E-state index in [9.17, 15) is 4.79 Å². The average Bonchev–Trinajstić information content (AvgIpc) is 2.88. The molecular formula is C31H48N2O2. The van der Waals surface area contributed by atoms with Crippen LogP contribution < -0.4 is 4.74 Å². The average molecular weight is 481 g/mol. The lowest BCUT2D eigenvalue weighted by molar-refractivity contribution is -0.134. The Balaban J connectivity index is 1.60. The number of rotatable bonds is 20. The molecule has 0 amide bonds. The summed E-state index contributed by atoms with van der Waals surface area (Å²) in [4.78, 5) is 20.9. The van der Waals surface area contributed by atoms with E-state index in [2.05, 4.69) is 48.1 Å². The van der Waals surface area contributed by atoms with Crippen molar-refractivity contribution in [1.29, 1.82) is 0 Å². The first-order valence-corrected chi connectivity index (χ1v) is 14.3. The van der Waals surface area contributed by atoms with E-state index < -0.39 is 0 Å². The second-order valence-electron chi connectivity index (χ2n) is 9.86. The lowest BCUT2D eigenvalue weighted by Gasteiger charge is -2.06. The maximum absolute atomic E-state index is 12.1. The maximum atomic E-state index is 12.1. The number of aromatic nitrogens is 2. The maximum Gasteiger partial charge on any atom is 0.311 e. The number of carbonyl (C=O) groups excluding carboxylic acids is 1. The van der Waals surface area contributed by atoms with Crippen LogP contribution in [-0.2, 0) is 11.2 Å². The van der Waals surface area contributed by atoms with Crippen molar-refractivity contribution in [2.75, 3.05) is 0 Å². The van der Waals surface area contributed by atoms with Crippen molar-refractivity contribution >= 4 is 5.97 Å². The minimum atomic E-state index is -0.194. The standard InChI is InChI=1S/C31H48N2O2/c1-3-5-7-9-11-12-13-14-16-18-20-30(34)35-29-25-32-31(33-26-29)28-23-21-27(22-24-28)19-17-15-10-8-6-4-2/h21-26H,3-20H2,1-2H3. The van der Waals surface area contributed by atoms with Crippen LogP contribution in [0.3, 0.4) is 0 Å². The predicted octanol–water partition coefficient (Wildman–Crippen LogP) is 9.26. The van der Waals surface area contributed by atoms with Gasteiger partial charge in [0.25, 0.3) is 0 Å². The summed E-state index contributed by atoms with van der Waals surface area (Å²) in [7, 11) is 0. The fourth-order valence-corrected chi connectivity index (χ4v) is 4.39. The first-order valence-electron chi connectivity index (χ1n) is 14.3. The highest BCUT2D eigenvalue weighted by Gasteiger charge is 2.07. The lowest BCUT2D eigenvalue weighted by Crippen LogP contribution is -2.08. The summed E-state index contributed by atoms with van der Waals surface area (Å²) in [6.07, 6.45) is 25.2. The highest BCUT2D eigenvalue weighted by molar-refractivity contribution is 5.72. The number of nitrogens with zero attached hydrogens (tertiary/aromatic N) is 2. The normalized spacial score (nSPS) is 11.0. The molecular weight excluding hydrogens is 432 g/mol. The smallest absolute Gasteiger partial charge is 0.311 e. The first kappa shape index (κ1) is 29.0. The van der Waals surface area contributed by atoms with Crippen molar-refractivity contribution < 1.29 is 9.53 Å². The number of ether oxygens (including phenoxy) is 1. The van der Waals surface area contributed by atoms with E-state index in [1.54, 1.807) is 12.4 Å². The molecule has 1 heterocycles. The minimum Gasteiger partial charge on any atom is -0.423 e. The van der Waals surface area contributed by atoms with Crippen LogP contribution >= 0.6 is 0 Å². The monoisotopic (exact) mass is 480 g/mol. The van der Waals surface area contributed by atoms with Crippen LogP contribution in [0.15, 0.2) is 36.7 Å². The molecule has 0 bridgehead atoms. The van der Waals surface area contributed by atoms with Crippen LogP contribution in [0.4, 0.5) is 0 Å². The van der Waals surface area contributed by atoms with Gasteiger partial charge >= 0.3 is 5.97 Å². The minimum absolute atomic E-state index is 0.194. The van der Waals surface area contributed by atoms with Crippen LogP contribution in [0.25, 0.3) is 11.4 Å². The zero-order chi connectivity index (χ0) is 25.0. The van der Waals surface area contributed by atoms with Crippen molar-refractivity contribution in [3.63, 3.8) is 0 Å². The zero-order valence-electron chi connectivity index (χ0n) is 22.4. The first-order chi connectivity index (χ1) is 17.2. The number of hydrogen-bond acceptors (Lipinski definition) is 4. The summed E-state index contributed by atoms with van der Waals surface area (Å²) in [6.45, 7) is 4.51. The van der Waals surface area contributed by atoms with Crippen LogP contribution in [0, 0.1) is 0 Å². The Morgan fingerprint density at radius 2 is 1.14 bits per heavy atom. The van der Waals surface area contributed by atoms with Gasteiger partial charge in [-0.15, -0.1) is 0 Å². The van der Waals surface area contributed by atoms with Gasteiger partial charge in [0.1, 0.15) is 0 Å². The van der Waals surface area contributed by atoms with Gasteiger partial charge in [-0.3, -0.25) is 4.79 Å². The molecule has 35 heavy (non-hydrogen) atoms. The van der Waals surface area contributed by atoms with Crippen LogP contribution in [0.2, 0.25) is 0 Å². The number of aryl methyl sites for hydroxylation is 1. The van der Waals surface area contributed by atoms with Gasteiger partial charge in [-0.05, 0) is 24.8 Å². The molecule has 0 N–H and O–H groups in total. The molecule has 0 spiro atoms. The molecule has 0 aliphatic carbocycles. The summed E-state index contributed by atoms with van der Waals surface area (Å²) in [5.74, 6) is 0.885. The van der Waals surface area contributed by atoms with Gasteiger partial charge in [-0.2, -0.15) is 0 Å². The molecule has 0 saturated carbocycles. The molecule has 2 aromatic rings. The quantitative estimate of drug-likeness (QED) is 0.140. The van der Waals surface area contributed by atoms with Crippen LogP contribution in [-0.4, -0.2) is 15.9 Å². The van der Waals surface area contributed by atoms with Crippen molar-refractivity contribution in [3.8, 4) is 17.1 Å². The topological polar surface area (TPSA) is 52.1 Å². The lowest BCUT2D eigenvalue weighted by atomic mass is 10.0. The van der Waals surface area contributed by atoms with Crippen molar-refractivity contribution in [3.05, 3.63) is 42.2 Å². The van der Waals surface area contributed by atoms with Crippen molar-refractivity contribution in [2.24, 2.45) is 0 Å². The van der Waals surface area contributed by atoms with Gasteiger partial charge in [-0.1, -0.05) is 128 Å². The molecule has 0 unspecified atom stereocenters. The molecule has 2 rings (SSSR count). The molecule has 0 fully saturated rings. The van der Waals surface area contributed by atoms with Crippen LogP contribution in [0.5, 0.6) is 5.75 Å². The third-order valence-corrected chi connectivity index (χ3v) is 6.63. The Morgan fingerprint density at radius 1 is 0.657 bits per heavy atom. The molecule has 0 atom stereocenters. The summed E-state index contributed by atoms with van der Waals surface area (Å²) >= 11 is 0. The van der Waals surface area contributed by atoms with Gasteiger partial charge in [0.05, 0.1) is 12.4 Å². The molecule has 0 aliphatic heterocycles. The zero-order valence-corrected chi connectivity index (χ0v) is 22.4. The van der Waals surface area contributed by atoms with Gasteiger partial charge in [0.15, 0.2) is 11.6 Å². The molecule has 1 aromatic heterocycles. The fraction of sp³-hybridized carbons (Fsp3) is 0.645. The van der Waals surface area contributed by atoms with Crippen molar-refractivity contribution in [1.82, 2.24) is 9.97 Å². The summed E-state index contributed by atoms with van der Waals surface area (Å²) in [5.41, 5.74) is 2.35. The van der Waals surface area contributed by atoms with Gasteiger partial charge in [0, 0.05) is 12.0 Å². The molecule has 0 radical (unpaired) electrons.